The van der Waals surface area contributed by atoms with Gasteiger partial charge in [-0.15, -0.1) is 0 Å². The number of aliphatic hydroxyl groups excluding tert-OH is 1. The summed E-state index contributed by atoms with van der Waals surface area (Å²) in [5, 5.41) is 8.91. The molecule has 0 aliphatic heterocycles. The number of hydrazine groups is 1. The zero-order valence-corrected chi connectivity index (χ0v) is 10.1. The molecule has 0 aromatic rings. The van der Waals surface area contributed by atoms with Crippen molar-refractivity contribution in [1.82, 2.24) is 10.3 Å². The summed E-state index contributed by atoms with van der Waals surface area (Å²) < 4.78 is 0. The van der Waals surface area contributed by atoms with E-state index in [2.05, 4.69) is 10.3 Å². The van der Waals surface area contributed by atoms with Crippen molar-refractivity contribution >= 4 is 5.91 Å². The number of carbonyl (C=O) groups excluding carboxylic acids is 1. The minimum atomic E-state index is -0.547. The van der Waals surface area contributed by atoms with E-state index >= 15 is 0 Å². The summed E-state index contributed by atoms with van der Waals surface area (Å²) in [6, 6.07) is 0.294. The van der Waals surface area contributed by atoms with Crippen LogP contribution in [0.2, 0.25) is 0 Å². The predicted molar refractivity (Wildman–Crippen MR) is 59.9 cm³/mol. The fraction of sp³-hybridized carbons (Fsp3) is 0.900. The van der Waals surface area contributed by atoms with Crippen LogP contribution in [0.3, 0.4) is 0 Å². The van der Waals surface area contributed by atoms with Crippen LogP contribution in [-0.2, 0) is 4.79 Å². The molecule has 0 fully saturated rings. The van der Waals surface area contributed by atoms with Gasteiger partial charge in [0.1, 0.15) is 0 Å². The standard InChI is InChI=1S/C10H23N3O2/c1-8(2)13(5-6-14)7-10(3,4)9(15)12-11/h8,14H,5-7,11H2,1-4H3,(H,12,15). The Morgan fingerprint density at radius 1 is 1.53 bits per heavy atom. The van der Waals surface area contributed by atoms with E-state index in [1.54, 1.807) is 0 Å². The first-order valence-electron chi connectivity index (χ1n) is 5.21. The molecule has 4 N–H and O–H groups in total. The molecule has 5 nitrogen and oxygen atoms in total. The van der Waals surface area contributed by atoms with Crippen LogP contribution in [-0.4, -0.2) is 41.7 Å². The maximum absolute atomic E-state index is 11.5. The molecule has 0 spiro atoms. The zero-order valence-electron chi connectivity index (χ0n) is 10.1. The summed E-state index contributed by atoms with van der Waals surface area (Å²) in [6.45, 7) is 8.98. The SMILES string of the molecule is CC(C)N(CCO)CC(C)(C)C(=O)NN. The van der Waals surface area contributed by atoms with Crippen molar-refractivity contribution < 1.29 is 9.90 Å². The Labute approximate surface area is 91.6 Å². The van der Waals surface area contributed by atoms with Crippen molar-refractivity contribution in [3.8, 4) is 0 Å². The van der Waals surface area contributed by atoms with Crippen LogP contribution in [0.15, 0.2) is 0 Å². The summed E-state index contributed by atoms with van der Waals surface area (Å²) in [4.78, 5) is 13.5. The van der Waals surface area contributed by atoms with Crippen LogP contribution in [0.5, 0.6) is 0 Å². The average molecular weight is 217 g/mol. The molecule has 5 heteroatoms. The van der Waals surface area contributed by atoms with Gasteiger partial charge in [-0.1, -0.05) is 0 Å². The van der Waals surface area contributed by atoms with Crippen LogP contribution in [0, 0.1) is 5.41 Å². The van der Waals surface area contributed by atoms with E-state index in [4.69, 9.17) is 10.9 Å². The number of hydrogen-bond acceptors (Lipinski definition) is 4. The van der Waals surface area contributed by atoms with Gasteiger partial charge in [-0.2, -0.15) is 0 Å². The maximum Gasteiger partial charge on any atom is 0.240 e. The molecule has 0 saturated heterocycles. The first-order chi connectivity index (χ1) is 6.85. The molecule has 0 aromatic carbocycles. The van der Waals surface area contributed by atoms with E-state index in [1.807, 2.05) is 27.7 Å². The molecule has 0 unspecified atom stereocenters. The molecule has 0 aliphatic carbocycles. The molecule has 15 heavy (non-hydrogen) atoms. The summed E-state index contributed by atoms with van der Waals surface area (Å²) in [5.74, 6) is 4.93. The number of nitrogens with one attached hydrogen (secondary N) is 1. The second-order valence-corrected chi connectivity index (χ2v) is 4.65. The van der Waals surface area contributed by atoms with Gasteiger partial charge in [-0.3, -0.25) is 15.1 Å². The lowest BCUT2D eigenvalue weighted by molar-refractivity contribution is -0.130. The van der Waals surface area contributed by atoms with E-state index in [-0.39, 0.29) is 12.5 Å². The third-order valence-electron chi connectivity index (χ3n) is 2.46. The number of amides is 1. The zero-order chi connectivity index (χ0) is 12.1. The van der Waals surface area contributed by atoms with Gasteiger partial charge >= 0.3 is 0 Å². The highest BCUT2D eigenvalue weighted by Gasteiger charge is 2.30. The molecule has 0 atom stereocenters. The minimum Gasteiger partial charge on any atom is -0.395 e. The lowest BCUT2D eigenvalue weighted by atomic mass is 9.91. The highest BCUT2D eigenvalue weighted by atomic mass is 16.3. The Morgan fingerprint density at radius 3 is 2.40 bits per heavy atom. The second-order valence-electron chi connectivity index (χ2n) is 4.65. The van der Waals surface area contributed by atoms with Gasteiger partial charge in [-0.25, -0.2) is 5.84 Å². The topological polar surface area (TPSA) is 78.6 Å². The van der Waals surface area contributed by atoms with Gasteiger partial charge in [0.05, 0.1) is 12.0 Å². The number of nitrogens with zero attached hydrogens (tertiary/aromatic N) is 1. The quantitative estimate of drug-likeness (QED) is 0.324. The van der Waals surface area contributed by atoms with Gasteiger partial charge in [-0.05, 0) is 27.7 Å². The molecular formula is C10H23N3O2. The number of rotatable bonds is 6. The van der Waals surface area contributed by atoms with Crippen molar-refractivity contribution in [2.75, 3.05) is 19.7 Å². The van der Waals surface area contributed by atoms with E-state index in [0.29, 0.717) is 19.1 Å². The van der Waals surface area contributed by atoms with Crippen LogP contribution < -0.4 is 11.3 Å². The molecule has 90 valence electrons. The Bertz CT molecular complexity index is 205. The Morgan fingerprint density at radius 2 is 2.07 bits per heavy atom. The molecule has 0 saturated carbocycles. The van der Waals surface area contributed by atoms with Gasteiger partial charge in [0.15, 0.2) is 0 Å². The predicted octanol–water partition coefficient (Wildman–Crippen LogP) is -0.295. The second kappa shape index (κ2) is 6.05. The first kappa shape index (κ1) is 14.3. The third-order valence-corrected chi connectivity index (χ3v) is 2.46. The number of nitrogens with two attached hydrogens (primary N) is 1. The summed E-state index contributed by atoms with van der Waals surface area (Å²) in [5.41, 5.74) is 1.62. The molecule has 0 radical (unpaired) electrons. The van der Waals surface area contributed by atoms with Gasteiger partial charge in [0, 0.05) is 19.1 Å². The highest BCUT2D eigenvalue weighted by Crippen LogP contribution is 2.18. The van der Waals surface area contributed by atoms with Crippen molar-refractivity contribution in [2.24, 2.45) is 11.3 Å². The van der Waals surface area contributed by atoms with Crippen molar-refractivity contribution in [2.45, 2.75) is 33.7 Å². The van der Waals surface area contributed by atoms with Gasteiger partial charge < -0.3 is 5.11 Å². The molecule has 1 amide bonds. The lowest BCUT2D eigenvalue weighted by Gasteiger charge is -2.33. The van der Waals surface area contributed by atoms with Crippen LogP contribution in [0.4, 0.5) is 0 Å². The van der Waals surface area contributed by atoms with Gasteiger partial charge in [0.2, 0.25) is 5.91 Å². The fourth-order valence-electron chi connectivity index (χ4n) is 1.42. The number of hydrogen-bond donors (Lipinski definition) is 3. The Hall–Kier alpha value is -0.650. The molecule has 0 aromatic heterocycles. The molecule has 0 aliphatic rings. The van der Waals surface area contributed by atoms with Crippen LogP contribution in [0.25, 0.3) is 0 Å². The summed E-state index contributed by atoms with van der Waals surface area (Å²) in [7, 11) is 0. The van der Waals surface area contributed by atoms with Crippen LogP contribution in [0.1, 0.15) is 27.7 Å². The normalized spacial score (nSPS) is 12.3. The average Bonchev–Trinajstić information content (AvgIpc) is 2.15. The van der Waals surface area contributed by atoms with Gasteiger partial charge in [0.25, 0.3) is 0 Å². The molecule has 0 rings (SSSR count). The molecular weight excluding hydrogens is 194 g/mol. The van der Waals surface area contributed by atoms with E-state index in [0.717, 1.165) is 0 Å². The number of aliphatic hydroxyl groups is 1. The van der Waals surface area contributed by atoms with E-state index in [9.17, 15) is 4.79 Å². The molecule has 0 bridgehead atoms. The van der Waals surface area contributed by atoms with Crippen molar-refractivity contribution in [1.29, 1.82) is 0 Å². The first-order valence-corrected chi connectivity index (χ1v) is 5.21. The number of carbonyl (C=O) groups is 1. The van der Waals surface area contributed by atoms with Crippen LogP contribution >= 0.6 is 0 Å². The summed E-state index contributed by atoms with van der Waals surface area (Å²) >= 11 is 0. The largest absolute Gasteiger partial charge is 0.395 e. The van der Waals surface area contributed by atoms with Crippen molar-refractivity contribution in [3.05, 3.63) is 0 Å². The monoisotopic (exact) mass is 217 g/mol. The minimum absolute atomic E-state index is 0.0957. The van der Waals surface area contributed by atoms with Crippen molar-refractivity contribution in [3.63, 3.8) is 0 Å². The smallest absolute Gasteiger partial charge is 0.240 e. The fourth-order valence-corrected chi connectivity index (χ4v) is 1.42. The lowest BCUT2D eigenvalue weighted by Crippen LogP contribution is -2.49. The summed E-state index contributed by atoms with van der Waals surface area (Å²) in [6.07, 6.45) is 0. The highest BCUT2D eigenvalue weighted by molar-refractivity contribution is 5.81. The molecule has 0 heterocycles. The Balaban J connectivity index is 4.44. The van der Waals surface area contributed by atoms with E-state index < -0.39 is 5.41 Å². The van der Waals surface area contributed by atoms with E-state index in [1.165, 1.54) is 0 Å². The Kier molecular flexibility index (Phi) is 5.79. The third kappa shape index (κ3) is 4.59. The maximum atomic E-state index is 11.5.